The first kappa shape index (κ1) is 14.5. The van der Waals surface area contributed by atoms with Gasteiger partial charge in [0, 0.05) is 25.2 Å². The third-order valence-corrected chi connectivity index (χ3v) is 2.48. The summed E-state index contributed by atoms with van der Waals surface area (Å²) in [4.78, 5) is 11.8. The Morgan fingerprint density at radius 3 is 2.72 bits per heavy atom. The number of hydrogen-bond acceptors (Lipinski definition) is 4. The van der Waals surface area contributed by atoms with Crippen LogP contribution in [0, 0.1) is 6.92 Å². The molecular formula is C13H20N2O3. The number of nitrogens with one attached hydrogen (secondary N) is 2. The molecule has 1 aromatic rings. The summed E-state index contributed by atoms with van der Waals surface area (Å²) >= 11 is 0. The van der Waals surface area contributed by atoms with E-state index in [1.165, 1.54) is 6.07 Å². The lowest BCUT2D eigenvalue weighted by molar-refractivity contribution is 0.0953. The Balaban J connectivity index is 2.36. The molecule has 0 saturated heterocycles. The SMILES string of the molecule is Cc1cc(O)ccc1C(=O)NCCNCC(C)O. The zero-order valence-electron chi connectivity index (χ0n) is 10.7. The van der Waals surface area contributed by atoms with Crippen LogP contribution in [0.15, 0.2) is 18.2 Å². The number of aromatic hydroxyl groups is 1. The van der Waals surface area contributed by atoms with Crippen molar-refractivity contribution in [3.63, 3.8) is 0 Å². The summed E-state index contributed by atoms with van der Waals surface area (Å²) in [5.74, 6) is -0.00556. The number of rotatable bonds is 6. The fourth-order valence-corrected chi connectivity index (χ4v) is 1.57. The maximum Gasteiger partial charge on any atom is 0.251 e. The molecule has 0 aliphatic heterocycles. The molecule has 5 nitrogen and oxygen atoms in total. The third kappa shape index (κ3) is 4.73. The Hall–Kier alpha value is -1.59. The van der Waals surface area contributed by atoms with Crippen molar-refractivity contribution in [2.45, 2.75) is 20.0 Å². The Labute approximate surface area is 107 Å². The van der Waals surface area contributed by atoms with Gasteiger partial charge in [0.2, 0.25) is 0 Å². The number of benzene rings is 1. The standard InChI is InChI=1S/C13H20N2O3/c1-9-7-11(17)3-4-12(9)13(18)15-6-5-14-8-10(2)16/h3-4,7,10,14,16-17H,5-6,8H2,1-2H3,(H,15,18). The fourth-order valence-electron chi connectivity index (χ4n) is 1.57. The largest absolute Gasteiger partial charge is 0.508 e. The van der Waals surface area contributed by atoms with Crippen molar-refractivity contribution in [3.8, 4) is 5.75 Å². The van der Waals surface area contributed by atoms with Crippen molar-refractivity contribution in [3.05, 3.63) is 29.3 Å². The first-order valence-corrected chi connectivity index (χ1v) is 5.97. The predicted octanol–water partition coefficient (Wildman–Crippen LogP) is 0.401. The van der Waals surface area contributed by atoms with Gasteiger partial charge in [-0.3, -0.25) is 4.79 Å². The summed E-state index contributed by atoms with van der Waals surface area (Å²) in [6, 6.07) is 4.65. The second kappa shape index (κ2) is 6.98. The minimum Gasteiger partial charge on any atom is -0.508 e. The Morgan fingerprint density at radius 2 is 2.11 bits per heavy atom. The van der Waals surface area contributed by atoms with Gasteiger partial charge in [-0.1, -0.05) is 0 Å². The summed E-state index contributed by atoms with van der Waals surface area (Å²) in [6.45, 7) is 5.08. The average molecular weight is 252 g/mol. The van der Waals surface area contributed by atoms with Crippen LogP contribution >= 0.6 is 0 Å². The van der Waals surface area contributed by atoms with Crippen molar-refractivity contribution < 1.29 is 15.0 Å². The van der Waals surface area contributed by atoms with Gasteiger partial charge in [0.25, 0.3) is 5.91 Å². The number of phenols is 1. The first-order chi connectivity index (χ1) is 8.50. The van der Waals surface area contributed by atoms with Crippen LogP contribution in [-0.2, 0) is 0 Å². The topological polar surface area (TPSA) is 81.6 Å². The smallest absolute Gasteiger partial charge is 0.251 e. The third-order valence-electron chi connectivity index (χ3n) is 2.48. The van der Waals surface area contributed by atoms with E-state index in [2.05, 4.69) is 10.6 Å². The Bertz CT molecular complexity index is 405. The zero-order valence-corrected chi connectivity index (χ0v) is 10.7. The lowest BCUT2D eigenvalue weighted by Gasteiger charge is -2.09. The van der Waals surface area contributed by atoms with Crippen LogP contribution in [-0.4, -0.2) is 41.9 Å². The molecule has 1 rings (SSSR count). The molecular weight excluding hydrogens is 232 g/mol. The van der Waals surface area contributed by atoms with E-state index in [1.54, 1.807) is 26.0 Å². The molecule has 0 bridgehead atoms. The van der Waals surface area contributed by atoms with Crippen LogP contribution in [0.2, 0.25) is 0 Å². The highest BCUT2D eigenvalue weighted by molar-refractivity contribution is 5.95. The molecule has 0 fully saturated rings. The number of carbonyl (C=O) groups is 1. The highest BCUT2D eigenvalue weighted by atomic mass is 16.3. The highest BCUT2D eigenvalue weighted by Gasteiger charge is 2.08. The van der Waals surface area contributed by atoms with Crippen molar-refractivity contribution in [1.29, 1.82) is 0 Å². The van der Waals surface area contributed by atoms with E-state index in [9.17, 15) is 9.90 Å². The Morgan fingerprint density at radius 1 is 1.39 bits per heavy atom. The van der Waals surface area contributed by atoms with E-state index in [-0.39, 0.29) is 17.8 Å². The minimum absolute atomic E-state index is 0.155. The normalized spacial score (nSPS) is 12.2. The van der Waals surface area contributed by atoms with Crippen molar-refractivity contribution >= 4 is 5.91 Å². The van der Waals surface area contributed by atoms with E-state index in [1.807, 2.05) is 0 Å². The van der Waals surface area contributed by atoms with Crippen LogP contribution in [0.3, 0.4) is 0 Å². The molecule has 1 aromatic carbocycles. The van der Waals surface area contributed by atoms with E-state index < -0.39 is 0 Å². The van der Waals surface area contributed by atoms with Crippen molar-refractivity contribution in [1.82, 2.24) is 10.6 Å². The molecule has 0 aliphatic rings. The molecule has 0 heterocycles. The van der Waals surface area contributed by atoms with Crippen molar-refractivity contribution in [2.75, 3.05) is 19.6 Å². The number of phenolic OH excluding ortho intramolecular Hbond substituents is 1. The first-order valence-electron chi connectivity index (χ1n) is 5.97. The summed E-state index contributed by atoms with van der Waals surface area (Å²) in [5, 5.41) is 24.1. The van der Waals surface area contributed by atoms with Crippen LogP contribution in [0.25, 0.3) is 0 Å². The average Bonchev–Trinajstić information content (AvgIpc) is 2.27. The second-order valence-corrected chi connectivity index (χ2v) is 4.31. The summed E-state index contributed by atoms with van der Waals surface area (Å²) in [6.07, 6.45) is -0.389. The van der Waals surface area contributed by atoms with Gasteiger partial charge < -0.3 is 20.8 Å². The quantitative estimate of drug-likeness (QED) is 0.552. The van der Waals surface area contributed by atoms with Gasteiger partial charge in [-0.05, 0) is 37.6 Å². The number of carbonyl (C=O) groups excluding carboxylic acids is 1. The summed E-state index contributed by atoms with van der Waals surface area (Å²) in [5.41, 5.74) is 1.30. The zero-order chi connectivity index (χ0) is 13.5. The van der Waals surface area contributed by atoms with Gasteiger partial charge >= 0.3 is 0 Å². The van der Waals surface area contributed by atoms with Gasteiger partial charge in [-0.15, -0.1) is 0 Å². The van der Waals surface area contributed by atoms with Crippen LogP contribution in [0.1, 0.15) is 22.8 Å². The molecule has 5 heteroatoms. The van der Waals surface area contributed by atoms with Gasteiger partial charge in [-0.2, -0.15) is 0 Å². The summed E-state index contributed by atoms with van der Waals surface area (Å²) in [7, 11) is 0. The van der Waals surface area contributed by atoms with Gasteiger partial charge in [0.1, 0.15) is 5.75 Å². The predicted molar refractivity (Wildman–Crippen MR) is 69.7 cm³/mol. The molecule has 0 spiro atoms. The van der Waals surface area contributed by atoms with Gasteiger partial charge in [0.15, 0.2) is 0 Å². The maximum atomic E-state index is 11.8. The molecule has 0 saturated carbocycles. The lowest BCUT2D eigenvalue weighted by atomic mass is 10.1. The van der Waals surface area contributed by atoms with Crippen molar-refractivity contribution in [2.24, 2.45) is 0 Å². The van der Waals surface area contributed by atoms with E-state index >= 15 is 0 Å². The molecule has 100 valence electrons. The molecule has 0 radical (unpaired) electrons. The molecule has 18 heavy (non-hydrogen) atoms. The van der Waals surface area contributed by atoms with Crippen LogP contribution in [0.5, 0.6) is 5.75 Å². The van der Waals surface area contributed by atoms with Crippen LogP contribution < -0.4 is 10.6 Å². The molecule has 1 atom stereocenters. The monoisotopic (exact) mass is 252 g/mol. The number of hydrogen-bond donors (Lipinski definition) is 4. The second-order valence-electron chi connectivity index (χ2n) is 4.31. The van der Waals surface area contributed by atoms with Gasteiger partial charge in [-0.25, -0.2) is 0 Å². The Kier molecular flexibility index (Phi) is 5.61. The summed E-state index contributed by atoms with van der Waals surface area (Å²) < 4.78 is 0. The van der Waals surface area contributed by atoms with Gasteiger partial charge in [0.05, 0.1) is 6.10 Å². The molecule has 0 aromatic heterocycles. The van der Waals surface area contributed by atoms with E-state index in [0.717, 1.165) is 5.56 Å². The number of aryl methyl sites for hydroxylation is 1. The lowest BCUT2D eigenvalue weighted by Crippen LogP contribution is -2.34. The number of aliphatic hydroxyl groups is 1. The van der Waals surface area contributed by atoms with E-state index in [4.69, 9.17) is 5.11 Å². The molecule has 1 amide bonds. The number of aliphatic hydroxyl groups excluding tert-OH is 1. The molecule has 0 aliphatic carbocycles. The number of amides is 1. The molecule has 4 N–H and O–H groups in total. The molecule has 1 unspecified atom stereocenters. The maximum absolute atomic E-state index is 11.8. The highest BCUT2D eigenvalue weighted by Crippen LogP contribution is 2.15. The van der Waals surface area contributed by atoms with Crippen LogP contribution in [0.4, 0.5) is 0 Å². The minimum atomic E-state index is -0.389. The van der Waals surface area contributed by atoms with E-state index in [0.29, 0.717) is 25.2 Å². The fraction of sp³-hybridized carbons (Fsp3) is 0.462.